The van der Waals surface area contributed by atoms with Gasteiger partial charge in [0.15, 0.2) is 0 Å². The van der Waals surface area contributed by atoms with Crippen molar-refractivity contribution in [3.63, 3.8) is 0 Å². The van der Waals surface area contributed by atoms with E-state index in [9.17, 15) is 5.11 Å². The van der Waals surface area contributed by atoms with Crippen molar-refractivity contribution in [1.82, 2.24) is 9.97 Å². The van der Waals surface area contributed by atoms with Crippen molar-refractivity contribution < 1.29 is 9.52 Å². The number of furan rings is 1. The minimum Gasteiger partial charge on any atom is -0.438 e. The number of nitrogens with zero attached hydrogens (tertiary/aromatic N) is 2. The lowest BCUT2D eigenvalue weighted by Gasteiger charge is -2.32. The van der Waals surface area contributed by atoms with E-state index < -0.39 is 5.60 Å². The molecule has 0 atom stereocenters. The molecule has 24 heavy (non-hydrogen) atoms. The maximum atomic E-state index is 10.6. The Morgan fingerprint density at radius 1 is 1.17 bits per heavy atom. The summed E-state index contributed by atoms with van der Waals surface area (Å²) in [5, 5.41) is 14.8. The number of hydrogen-bond donors (Lipinski definition) is 2. The van der Waals surface area contributed by atoms with Gasteiger partial charge in [-0.2, -0.15) is 11.8 Å². The van der Waals surface area contributed by atoms with Gasteiger partial charge in [0, 0.05) is 12.1 Å². The van der Waals surface area contributed by atoms with E-state index in [0.717, 1.165) is 41.1 Å². The Morgan fingerprint density at radius 2 is 1.96 bits per heavy atom. The highest BCUT2D eigenvalue weighted by Gasteiger charge is 2.29. The van der Waals surface area contributed by atoms with Crippen molar-refractivity contribution in [2.75, 3.05) is 23.4 Å². The summed E-state index contributed by atoms with van der Waals surface area (Å²) in [6.07, 6.45) is 3.10. The molecule has 2 N–H and O–H groups in total. The van der Waals surface area contributed by atoms with E-state index in [1.54, 1.807) is 0 Å². The molecule has 1 saturated heterocycles. The fourth-order valence-electron chi connectivity index (χ4n) is 2.92. The van der Waals surface area contributed by atoms with Crippen LogP contribution in [0.4, 0.5) is 5.82 Å². The predicted octanol–water partition coefficient (Wildman–Crippen LogP) is 3.56. The van der Waals surface area contributed by atoms with Crippen molar-refractivity contribution in [3.8, 4) is 11.3 Å². The van der Waals surface area contributed by atoms with Crippen LogP contribution in [0.1, 0.15) is 12.8 Å². The zero-order valence-corrected chi connectivity index (χ0v) is 14.1. The zero-order valence-electron chi connectivity index (χ0n) is 13.2. The fraction of sp³-hybridized carbons (Fsp3) is 0.333. The number of benzene rings is 1. The molecule has 4 rings (SSSR count). The normalized spacial score (nSPS) is 17.0. The number of rotatable bonds is 4. The molecule has 0 saturated carbocycles. The van der Waals surface area contributed by atoms with Gasteiger partial charge >= 0.3 is 0 Å². The molecule has 3 heterocycles. The Kier molecular flexibility index (Phi) is 4.16. The summed E-state index contributed by atoms with van der Waals surface area (Å²) in [6, 6.07) is 11.9. The van der Waals surface area contributed by atoms with Crippen LogP contribution < -0.4 is 5.32 Å². The largest absolute Gasteiger partial charge is 0.438 e. The third kappa shape index (κ3) is 3.12. The number of aliphatic hydroxyl groups is 1. The van der Waals surface area contributed by atoms with Gasteiger partial charge in [0.1, 0.15) is 17.9 Å². The number of fused-ring (bicyclic) bond motifs is 1. The Hall–Kier alpha value is -2.05. The second-order valence-corrected chi connectivity index (χ2v) is 7.33. The first-order valence-corrected chi connectivity index (χ1v) is 9.23. The summed E-state index contributed by atoms with van der Waals surface area (Å²) in [4.78, 5) is 8.55. The third-order valence-electron chi connectivity index (χ3n) is 4.40. The smallest absolute Gasteiger partial charge is 0.231 e. The molecule has 3 aromatic rings. The van der Waals surface area contributed by atoms with Crippen LogP contribution >= 0.6 is 11.8 Å². The Labute approximate surface area is 144 Å². The molecule has 1 fully saturated rings. The summed E-state index contributed by atoms with van der Waals surface area (Å²) in [6.45, 7) is 0.492. The maximum absolute atomic E-state index is 10.6. The van der Waals surface area contributed by atoms with Crippen molar-refractivity contribution in [2.24, 2.45) is 0 Å². The standard InChI is InChI=1S/C18H19N3O2S/c22-18(6-8-24-9-7-18)11-19-16-14-10-15(13-4-2-1-3-5-13)23-17(14)21-12-20-16/h1-5,10,12,22H,6-9,11H2,(H,19,20,21). The van der Waals surface area contributed by atoms with Gasteiger partial charge < -0.3 is 14.8 Å². The van der Waals surface area contributed by atoms with Gasteiger partial charge in [0.25, 0.3) is 0 Å². The SMILES string of the molecule is OC1(CNc2ncnc3oc(-c4ccccc4)cc23)CCSCC1. The fourth-order valence-corrected chi connectivity index (χ4v) is 4.17. The lowest BCUT2D eigenvalue weighted by atomic mass is 9.97. The first kappa shape index (κ1) is 15.5. The van der Waals surface area contributed by atoms with E-state index in [1.165, 1.54) is 6.33 Å². The quantitative estimate of drug-likeness (QED) is 0.756. The van der Waals surface area contributed by atoms with Crippen LogP contribution in [-0.4, -0.2) is 38.7 Å². The van der Waals surface area contributed by atoms with E-state index in [4.69, 9.17) is 4.42 Å². The highest BCUT2D eigenvalue weighted by atomic mass is 32.2. The van der Waals surface area contributed by atoms with Crippen LogP contribution in [-0.2, 0) is 0 Å². The average molecular weight is 341 g/mol. The second kappa shape index (κ2) is 6.45. The summed E-state index contributed by atoms with van der Waals surface area (Å²) in [5.74, 6) is 3.47. The first-order valence-electron chi connectivity index (χ1n) is 8.08. The summed E-state index contributed by atoms with van der Waals surface area (Å²) >= 11 is 1.89. The van der Waals surface area contributed by atoms with Gasteiger partial charge in [-0.05, 0) is 30.4 Å². The predicted molar refractivity (Wildman–Crippen MR) is 97.2 cm³/mol. The summed E-state index contributed by atoms with van der Waals surface area (Å²) < 4.78 is 5.85. The number of anilines is 1. The molecule has 0 radical (unpaired) electrons. The molecule has 124 valence electrons. The highest BCUT2D eigenvalue weighted by molar-refractivity contribution is 7.99. The van der Waals surface area contributed by atoms with Gasteiger partial charge in [0.05, 0.1) is 11.0 Å². The number of hydrogen-bond acceptors (Lipinski definition) is 6. The van der Waals surface area contributed by atoms with Crippen molar-refractivity contribution in [1.29, 1.82) is 0 Å². The van der Waals surface area contributed by atoms with Crippen LogP contribution in [0.5, 0.6) is 0 Å². The van der Waals surface area contributed by atoms with Crippen LogP contribution in [0.15, 0.2) is 47.1 Å². The minimum atomic E-state index is -0.658. The van der Waals surface area contributed by atoms with Gasteiger partial charge in [0.2, 0.25) is 5.71 Å². The average Bonchev–Trinajstić information content (AvgIpc) is 3.06. The molecule has 2 aromatic heterocycles. The van der Waals surface area contributed by atoms with Crippen LogP contribution in [0.25, 0.3) is 22.4 Å². The molecule has 5 nitrogen and oxygen atoms in total. The van der Waals surface area contributed by atoms with Crippen molar-refractivity contribution in [3.05, 3.63) is 42.7 Å². The highest BCUT2D eigenvalue weighted by Crippen LogP contribution is 2.31. The Bertz CT molecular complexity index is 829. The molecule has 1 aliphatic rings. The number of aromatic nitrogens is 2. The molecule has 0 unspecified atom stereocenters. The molecule has 1 aliphatic heterocycles. The molecule has 1 aromatic carbocycles. The van der Waals surface area contributed by atoms with Gasteiger partial charge in [-0.1, -0.05) is 30.3 Å². The molecular weight excluding hydrogens is 322 g/mol. The van der Waals surface area contributed by atoms with Crippen molar-refractivity contribution >= 4 is 28.7 Å². The van der Waals surface area contributed by atoms with Crippen LogP contribution in [0, 0.1) is 0 Å². The molecule has 0 amide bonds. The first-order chi connectivity index (χ1) is 11.7. The van der Waals surface area contributed by atoms with Crippen molar-refractivity contribution in [2.45, 2.75) is 18.4 Å². The van der Waals surface area contributed by atoms with Gasteiger partial charge in [-0.15, -0.1) is 0 Å². The van der Waals surface area contributed by atoms with E-state index in [2.05, 4.69) is 15.3 Å². The lowest BCUT2D eigenvalue weighted by molar-refractivity contribution is 0.0453. The lowest BCUT2D eigenvalue weighted by Crippen LogP contribution is -2.40. The summed E-state index contributed by atoms with van der Waals surface area (Å²) in [5.41, 5.74) is 0.899. The van der Waals surface area contributed by atoms with E-state index in [1.807, 2.05) is 48.2 Å². The summed E-state index contributed by atoms with van der Waals surface area (Å²) in [7, 11) is 0. The molecular formula is C18H19N3O2S. The van der Waals surface area contributed by atoms with E-state index in [0.29, 0.717) is 18.1 Å². The third-order valence-corrected chi connectivity index (χ3v) is 5.38. The van der Waals surface area contributed by atoms with Gasteiger partial charge in [-0.3, -0.25) is 0 Å². The monoisotopic (exact) mass is 341 g/mol. The maximum Gasteiger partial charge on any atom is 0.231 e. The minimum absolute atomic E-state index is 0.492. The Balaban J connectivity index is 1.60. The number of nitrogens with one attached hydrogen (secondary N) is 1. The molecule has 0 spiro atoms. The molecule has 0 bridgehead atoms. The van der Waals surface area contributed by atoms with E-state index in [-0.39, 0.29) is 0 Å². The molecule has 0 aliphatic carbocycles. The van der Waals surface area contributed by atoms with Crippen LogP contribution in [0.2, 0.25) is 0 Å². The molecule has 6 heteroatoms. The zero-order chi connectivity index (χ0) is 16.4. The Morgan fingerprint density at radius 3 is 2.75 bits per heavy atom. The van der Waals surface area contributed by atoms with E-state index >= 15 is 0 Å². The topological polar surface area (TPSA) is 71.2 Å². The van der Waals surface area contributed by atoms with Gasteiger partial charge in [-0.25, -0.2) is 9.97 Å². The van der Waals surface area contributed by atoms with Crippen LogP contribution in [0.3, 0.4) is 0 Å². The number of thioether (sulfide) groups is 1. The second-order valence-electron chi connectivity index (χ2n) is 6.11.